The molecule has 0 unspecified atom stereocenters. The summed E-state index contributed by atoms with van der Waals surface area (Å²) in [6.07, 6.45) is 3.98. The molecule has 0 aromatic heterocycles. The molecule has 150 valence electrons. The van der Waals surface area contributed by atoms with Gasteiger partial charge in [0.15, 0.2) is 0 Å². The zero-order valence-electron chi connectivity index (χ0n) is 16.6. The third-order valence-electron chi connectivity index (χ3n) is 4.77. The second-order valence-electron chi connectivity index (χ2n) is 7.04. The zero-order chi connectivity index (χ0) is 19.5. The van der Waals surface area contributed by atoms with E-state index in [4.69, 9.17) is 4.74 Å². The highest BCUT2D eigenvalue weighted by atomic mass is 16.5. The number of piperidine rings is 1. The average Bonchev–Trinajstić information content (AvgIpc) is 2.67. The number of carbonyl (C=O) groups is 2. The second-order valence-corrected chi connectivity index (χ2v) is 7.04. The Morgan fingerprint density at radius 2 is 1.81 bits per heavy atom. The Morgan fingerprint density at radius 1 is 1.11 bits per heavy atom. The van der Waals surface area contributed by atoms with Crippen molar-refractivity contribution in [2.75, 3.05) is 32.8 Å². The van der Waals surface area contributed by atoms with Gasteiger partial charge in [-0.25, -0.2) is 0 Å². The fourth-order valence-corrected chi connectivity index (χ4v) is 3.24. The summed E-state index contributed by atoms with van der Waals surface area (Å²) in [6, 6.07) is 8.14. The molecule has 1 aliphatic heterocycles. The van der Waals surface area contributed by atoms with E-state index < -0.39 is 0 Å². The SMILES string of the molecule is CCCNC(=O)CN1CCC(NC(=O)CCc2ccc(OCC)cc2)CC1. The summed E-state index contributed by atoms with van der Waals surface area (Å²) in [5.41, 5.74) is 1.14. The highest BCUT2D eigenvalue weighted by Crippen LogP contribution is 2.14. The van der Waals surface area contributed by atoms with Crippen LogP contribution in [-0.2, 0) is 16.0 Å². The smallest absolute Gasteiger partial charge is 0.234 e. The lowest BCUT2D eigenvalue weighted by Gasteiger charge is -2.31. The van der Waals surface area contributed by atoms with Gasteiger partial charge in [0.1, 0.15) is 5.75 Å². The zero-order valence-corrected chi connectivity index (χ0v) is 16.6. The lowest BCUT2D eigenvalue weighted by atomic mass is 10.0. The molecule has 6 heteroatoms. The van der Waals surface area contributed by atoms with Gasteiger partial charge in [0.05, 0.1) is 13.2 Å². The molecule has 0 saturated carbocycles. The van der Waals surface area contributed by atoms with E-state index in [2.05, 4.69) is 15.5 Å². The number of aryl methyl sites for hydroxylation is 1. The van der Waals surface area contributed by atoms with E-state index in [-0.39, 0.29) is 17.9 Å². The van der Waals surface area contributed by atoms with E-state index in [9.17, 15) is 9.59 Å². The van der Waals surface area contributed by atoms with Crippen molar-refractivity contribution in [2.45, 2.75) is 52.0 Å². The average molecular weight is 376 g/mol. The number of hydrogen-bond donors (Lipinski definition) is 2. The van der Waals surface area contributed by atoms with Crippen molar-refractivity contribution in [3.8, 4) is 5.75 Å². The molecule has 2 N–H and O–H groups in total. The monoisotopic (exact) mass is 375 g/mol. The first-order chi connectivity index (χ1) is 13.1. The highest BCUT2D eigenvalue weighted by Gasteiger charge is 2.21. The summed E-state index contributed by atoms with van der Waals surface area (Å²) in [5, 5.41) is 6.05. The Morgan fingerprint density at radius 3 is 2.44 bits per heavy atom. The molecule has 0 bridgehead atoms. The maximum Gasteiger partial charge on any atom is 0.234 e. The minimum atomic E-state index is 0.0923. The predicted molar refractivity (Wildman–Crippen MR) is 107 cm³/mol. The van der Waals surface area contributed by atoms with Crippen molar-refractivity contribution in [3.05, 3.63) is 29.8 Å². The quantitative estimate of drug-likeness (QED) is 0.657. The van der Waals surface area contributed by atoms with E-state index in [1.54, 1.807) is 0 Å². The Hall–Kier alpha value is -2.08. The minimum Gasteiger partial charge on any atom is -0.494 e. The van der Waals surface area contributed by atoms with Gasteiger partial charge >= 0.3 is 0 Å². The van der Waals surface area contributed by atoms with Crippen LogP contribution in [0.1, 0.15) is 45.1 Å². The summed E-state index contributed by atoms with van der Waals surface area (Å²) in [4.78, 5) is 26.2. The molecular weight excluding hydrogens is 342 g/mol. The first kappa shape index (κ1) is 21.2. The molecule has 1 fully saturated rings. The Bertz CT molecular complexity index is 581. The molecule has 6 nitrogen and oxygen atoms in total. The first-order valence-corrected chi connectivity index (χ1v) is 10.1. The van der Waals surface area contributed by atoms with Crippen LogP contribution in [0.5, 0.6) is 5.75 Å². The van der Waals surface area contributed by atoms with Crippen molar-refractivity contribution in [1.29, 1.82) is 0 Å². The van der Waals surface area contributed by atoms with Crippen molar-refractivity contribution in [3.63, 3.8) is 0 Å². The molecule has 1 aromatic carbocycles. The van der Waals surface area contributed by atoms with Crippen LogP contribution in [0.15, 0.2) is 24.3 Å². The minimum absolute atomic E-state index is 0.0923. The fraction of sp³-hybridized carbons (Fsp3) is 0.619. The molecule has 1 heterocycles. The Labute approximate surface area is 162 Å². The van der Waals surface area contributed by atoms with Crippen molar-refractivity contribution < 1.29 is 14.3 Å². The lowest BCUT2D eigenvalue weighted by Crippen LogP contribution is -2.47. The third kappa shape index (κ3) is 7.99. The largest absolute Gasteiger partial charge is 0.494 e. The molecule has 0 spiro atoms. The molecule has 27 heavy (non-hydrogen) atoms. The van der Waals surface area contributed by atoms with E-state index >= 15 is 0 Å². The van der Waals surface area contributed by atoms with E-state index in [0.717, 1.165) is 56.6 Å². The molecule has 2 rings (SSSR count). The van der Waals surface area contributed by atoms with Gasteiger partial charge < -0.3 is 15.4 Å². The van der Waals surface area contributed by atoms with Crippen molar-refractivity contribution in [1.82, 2.24) is 15.5 Å². The van der Waals surface area contributed by atoms with Crippen LogP contribution in [0.2, 0.25) is 0 Å². The molecule has 0 atom stereocenters. The number of benzene rings is 1. The standard InChI is InChI=1S/C21H33N3O3/c1-3-13-22-21(26)16-24-14-11-18(12-15-24)23-20(25)10-7-17-5-8-19(9-6-17)27-4-2/h5-6,8-9,18H,3-4,7,10-16H2,1-2H3,(H,22,26)(H,23,25). The van der Waals surface area contributed by atoms with E-state index in [0.29, 0.717) is 19.6 Å². The van der Waals surface area contributed by atoms with Crippen LogP contribution in [0.4, 0.5) is 0 Å². The van der Waals surface area contributed by atoms with Gasteiger partial charge in [-0.05, 0) is 50.3 Å². The number of amides is 2. The number of nitrogens with one attached hydrogen (secondary N) is 2. The number of carbonyl (C=O) groups excluding carboxylic acids is 2. The van der Waals surface area contributed by atoms with Crippen molar-refractivity contribution in [2.24, 2.45) is 0 Å². The number of nitrogens with zero attached hydrogens (tertiary/aromatic N) is 1. The van der Waals surface area contributed by atoms with Gasteiger partial charge in [0.25, 0.3) is 0 Å². The Kier molecular flexibility index (Phi) is 9.11. The van der Waals surface area contributed by atoms with Crippen LogP contribution in [0.3, 0.4) is 0 Å². The van der Waals surface area contributed by atoms with Gasteiger partial charge in [-0.15, -0.1) is 0 Å². The fourth-order valence-electron chi connectivity index (χ4n) is 3.24. The molecule has 1 aliphatic rings. The van der Waals surface area contributed by atoms with Crippen LogP contribution in [-0.4, -0.2) is 55.5 Å². The first-order valence-electron chi connectivity index (χ1n) is 10.1. The van der Waals surface area contributed by atoms with Crippen LogP contribution in [0, 0.1) is 0 Å². The highest BCUT2D eigenvalue weighted by molar-refractivity contribution is 5.78. The molecule has 2 amide bonds. The second kappa shape index (κ2) is 11.6. The molecule has 0 aliphatic carbocycles. The summed E-state index contributed by atoms with van der Waals surface area (Å²) in [6.45, 7) is 7.56. The Balaban J connectivity index is 1.63. The van der Waals surface area contributed by atoms with Gasteiger partial charge in [-0.2, -0.15) is 0 Å². The summed E-state index contributed by atoms with van der Waals surface area (Å²) < 4.78 is 5.43. The van der Waals surface area contributed by atoms with Crippen LogP contribution in [0.25, 0.3) is 0 Å². The summed E-state index contributed by atoms with van der Waals surface area (Å²) >= 11 is 0. The lowest BCUT2D eigenvalue weighted by molar-refractivity contribution is -0.124. The molecule has 0 radical (unpaired) electrons. The molecular formula is C21H33N3O3. The van der Waals surface area contributed by atoms with Crippen molar-refractivity contribution >= 4 is 11.8 Å². The maximum absolute atomic E-state index is 12.2. The summed E-state index contributed by atoms with van der Waals surface area (Å²) in [7, 11) is 0. The van der Waals surface area contributed by atoms with Gasteiger partial charge in [-0.1, -0.05) is 19.1 Å². The topological polar surface area (TPSA) is 70.7 Å². The maximum atomic E-state index is 12.2. The van der Waals surface area contributed by atoms with E-state index in [1.165, 1.54) is 0 Å². The number of rotatable bonds is 10. The normalized spacial score (nSPS) is 15.3. The van der Waals surface area contributed by atoms with E-state index in [1.807, 2.05) is 38.1 Å². The predicted octanol–water partition coefficient (Wildman–Crippen LogP) is 2.12. The molecule has 1 saturated heterocycles. The van der Waals surface area contributed by atoms with Crippen LogP contribution >= 0.6 is 0 Å². The number of likely N-dealkylation sites (tertiary alicyclic amines) is 1. The summed E-state index contributed by atoms with van der Waals surface area (Å²) in [5.74, 6) is 1.05. The van der Waals surface area contributed by atoms with Gasteiger partial charge in [0, 0.05) is 32.1 Å². The number of ether oxygens (including phenoxy) is 1. The third-order valence-corrected chi connectivity index (χ3v) is 4.77. The van der Waals surface area contributed by atoms with Gasteiger partial charge in [0.2, 0.25) is 11.8 Å². The van der Waals surface area contributed by atoms with Gasteiger partial charge in [-0.3, -0.25) is 14.5 Å². The van der Waals surface area contributed by atoms with Crippen LogP contribution < -0.4 is 15.4 Å². The number of hydrogen-bond acceptors (Lipinski definition) is 4. The molecule has 1 aromatic rings.